The summed E-state index contributed by atoms with van der Waals surface area (Å²) in [5.74, 6) is -0.188. The van der Waals surface area contributed by atoms with Crippen molar-refractivity contribution in [2.45, 2.75) is 38.7 Å². The van der Waals surface area contributed by atoms with Gasteiger partial charge in [0, 0.05) is 39.4 Å². The van der Waals surface area contributed by atoms with Crippen molar-refractivity contribution in [3.05, 3.63) is 17.3 Å². The van der Waals surface area contributed by atoms with Crippen LogP contribution in [0.4, 0.5) is 4.79 Å². The number of hydrogen-bond acceptors (Lipinski definition) is 6. The SMILES string of the molecule is Cc1nc(C(=O)N2CCC3(CC2)CN(CCC(=O)O)C(=O)O3)c(C)o1. The van der Waals surface area contributed by atoms with Crippen LogP contribution in [0.2, 0.25) is 0 Å². The van der Waals surface area contributed by atoms with Gasteiger partial charge in [-0.2, -0.15) is 0 Å². The number of carboxylic acids is 1. The zero-order valence-corrected chi connectivity index (χ0v) is 14.3. The largest absolute Gasteiger partial charge is 0.481 e. The number of amides is 2. The number of rotatable bonds is 4. The van der Waals surface area contributed by atoms with E-state index in [1.165, 1.54) is 4.90 Å². The van der Waals surface area contributed by atoms with E-state index in [0.29, 0.717) is 49.8 Å². The van der Waals surface area contributed by atoms with Crippen molar-refractivity contribution in [3.63, 3.8) is 0 Å². The molecule has 0 bridgehead atoms. The average Bonchev–Trinajstić information content (AvgIpc) is 3.04. The zero-order chi connectivity index (χ0) is 18.2. The van der Waals surface area contributed by atoms with Gasteiger partial charge in [0.1, 0.15) is 11.4 Å². The monoisotopic (exact) mass is 351 g/mol. The van der Waals surface area contributed by atoms with E-state index in [2.05, 4.69) is 4.98 Å². The highest BCUT2D eigenvalue weighted by molar-refractivity contribution is 5.93. The number of hydrogen-bond donors (Lipinski definition) is 1. The fourth-order valence-corrected chi connectivity index (χ4v) is 3.35. The second kappa shape index (κ2) is 6.38. The number of ether oxygens (including phenoxy) is 1. The molecule has 1 spiro atoms. The summed E-state index contributed by atoms with van der Waals surface area (Å²) < 4.78 is 10.8. The van der Waals surface area contributed by atoms with Crippen molar-refractivity contribution in [1.29, 1.82) is 0 Å². The van der Waals surface area contributed by atoms with Crippen LogP contribution < -0.4 is 0 Å². The minimum atomic E-state index is -0.951. The molecule has 2 amide bonds. The Balaban J connectivity index is 1.60. The van der Waals surface area contributed by atoms with Crippen LogP contribution in [0.15, 0.2) is 4.42 Å². The fourth-order valence-electron chi connectivity index (χ4n) is 3.35. The highest BCUT2D eigenvalue weighted by atomic mass is 16.6. The number of carbonyl (C=O) groups is 3. The number of nitrogens with zero attached hydrogens (tertiary/aromatic N) is 3. The molecular formula is C16H21N3O6. The second-order valence-corrected chi connectivity index (χ2v) is 6.55. The highest BCUT2D eigenvalue weighted by Crippen LogP contribution is 2.33. The normalized spacial score (nSPS) is 19.4. The van der Waals surface area contributed by atoms with Crippen molar-refractivity contribution < 1.29 is 28.6 Å². The molecule has 1 N–H and O–H groups in total. The first-order valence-electron chi connectivity index (χ1n) is 8.23. The number of aromatic nitrogens is 1. The van der Waals surface area contributed by atoms with Crippen LogP contribution in [0.1, 0.15) is 41.4 Å². The van der Waals surface area contributed by atoms with E-state index >= 15 is 0 Å². The van der Waals surface area contributed by atoms with Crippen molar-refractivity contribution >= 4 is 18.0 Å². The lowest BCUT2D eigenvalue weighted by molar-refractivity contribution is -0.137. The Hall–Kier alpha value is -2.58. The Morgan fingerprint density at radius 1 is 1.28 bits per heavy atom. The Kier molecular flexibility index (Phi) is 4.40. The van der Waals surface area contributed by atoms with Crippen LogP contribution in [0, 0.1) is 13.8 Å². The van der Waals surface area contributed by atoms with Crippen LogP contribution in [0.3, 0.4) is 0 Å². The summed E-state index contributed by atoms with van der Waals surface area (Å²) in [4.78, 5) is 42.4. The van der Waals surface area contributed by atoms with Gasteiger partial charge in [-0.1, -0.05) is 0 Å². The maximum Gasteiger partial charge on any atom is 0.410 e. The van der Waals surface area contributed by atoms with Gasteiger partial charge < -0.3 is 24.1 Å². The molecule has 3 rings (SSSR count). The van der Waals surface area contributed by atoms with Crippen LogP contribution >= 0.6 is 0 Å². The predicted molar refractivity (Wildman–Crippen MR) is 84.2 cm³/mol. The number of likely N-dealkylation sites (tertiary alicyclic amines) is 1. The summed E-state index contributed by atoms with van der Waals surface area (Å²) in [6.45, 7) is 4.80. The molecule has 0 aromatic carbocycles. The summed E-state index contributed by atoms with van der Waals surface area (Å²) in [5.41, 5.74) is -0.318. The Morgan fingerprint density at radius 3 is 2.52 bits per heavy atom. The molecule has 9 nitrogen and oxygen atoms in total. The van der Waals surface area contributed by atoms with Gasteiger partial charge in [0.05, 0.1) is 13.0 Å². The molecule has 2 fully saturated rings. The van der Waals surface area contributed by atoms with E-state index in [4.69, 9.17) is 14.3 Å². The van der Waals surface area contributed by atoms with E-state index in [0.717, 1.165) is 0 Å². The number of piperidine rings is 1. The molecule has 0 aliphatic carbocycles. The molecule has 0 atom stereocenters. The van der Waals surface area contributed by atoms with E-state index in [1.807, 2.05) is 0 Å². The van der Waals surface area contributed by atoms with Gasteiger partial charge in [-0.25, -0.2) is 9.78 Å². The van der Waals surface area contributed by atoms with Gasteiger partial charge in [-0.3, -0.25) is 9.59 Å². The first-order chi connectivity index (χ1) is 11.8. The van der Waals surface area contributed by atoms with E-state index in [-0.39, 0.29) is 18.9 Å². The molecule has 0 unspecified atom stereocenters. The van der Waals surface area contributed by atoms with Crippen molar-refractivity contribution in [3.8, 4) is 0 Å². The smallest absolute Gasteiger partial charge is 0.410 e. The lowest BCUT2D eigenvalue weighted by Gasteiger charge is -2.37. The number of aliphatic carboxylic acids is 1. The first-order valence-corrected chi connectivity index (χ1v) is 8.23. The molecule has 0 saturated carbocycles. The molecular weight excluding hydrogens is 330 g/mol. The lowest BCUT2D eigenvalue weighted by atomic mass is 9.91. The summed E-state index contributed by atoms with van der Waals surface area (Å²) in [5, 5.41) is 8.75. The molecule has 9 heteroatoms. The van der Waals surface area contributed by atoms with Crippen molar-refractivity contribution in [2.24, 2.45) is 0 Å². The quantitative estimate of drug-likeness (QED) is 0.867. The highest BCUT2D eigenvalue weighted by Gasteiger charge is 2.47. The molecule has 1 aromatic rings. The summed E-state index contributed by atoms with van der Waals surface area (Å²) in [6.07, 6.45) is 0.443. The van der Waals surface area contributed by atoms with Gasteiger partial charge in [0.25, 0.3) is 5.91 Å². The summed E-state index contributed by atoms with van der Waals surface area (Å²) in [6, 6.07) is 0. The molecule has 25 heavy (non-hydrogen) atoms. The van der Waals surface area contributed by atoms with E-state index in [9.17, 15) is 14.4 Å². The van der Waals surface area contributed by atoms with Gasteiger partial charge >= 0.3 is 12.1 Å². The maximum absolute atomic E-state index is 12.6. The third-order valence-corrected chi connectivity index (χ3v) is 4.70. The second-order valence-electron chi connectivity index (χ2n) is 6.55. The van der Waals surface area contributed by atoms with Crippen LogP contribution in [0.5, 0.6) is 0 Å². The van der Waals surface area contributed by atoms with Crippen LogP contribution in [-0.2, 0) is 9.53 Å². The number of carboxylic acid groups (broad SMARTS) is 1. The van der Waals surface area contributed by atoms with Gasteiger partial charge in [-0.05, 0) is 6.92 Å². The standard InChI is InChI=1S/C16H21N3O6/c1-10-13(17-11(2)24-10)14(22)18-7-4-16(5-8-18)9-19(15(23)25-16)6-3-12(20)21/h3-9H2,1-2H3,(H,20,21). The summed E-state index contributed by atoms with van der Waals surface area (Å²) in [7, 11) is 0. The first kappa shape index (κ1) is 17.2. The van der Waals surface area contributed by atoms with Crippen LogP contribution in [0.25, 0.3) is 0 Å². The lowest BCUT2D eigenvalue weighted by Crippen LogP contribution is -2.49. The Labute approximate surface area is 144 Å². The molecule has 1 aromatic heterocycles. The minimum Gasteiger partial charge on any atom is -0.481 e. The number of aryl methyl sites for hydroxylation is 2. The molecule has 2 aliphatic heterocycles. The predicted octanol–water partition coefficient (Wildman–Crippen LogP) is 1.19. The molecule has 3 heterocycles. The van der Waals surface area contributed by atoms with Gasteiger partial charge in [-0.15, -0.1) is 0 Å². The zero-order valence-electron chi connectivity index (χ0n) is 14.3. The van der Waals surface area contributed by atoms with E-state index in [1.54, 1.807) is 18.7 Å². The van der Waals surface area contributed by atoms with Crippen LogP contribution in [-0.4, -0.2) is 69.6 Å². The molecule has 136 valence electrons. The van der Waals surface area contributed by atoms with Gasteiger partial charge in [0.15, 0.2) is 11.6 Å². The molecule has 2 saturated heterocycles. The molecule has 2 aliphatic rings. The van der Waals surface area contributed by atoms with Crippen molar-refractivity contribution in [2.75, 3.05) is 26.2 Å². The molecule has 0 radical (unpaired) electrons. The Morgan fingerprint density at radius 2 is 1.96 bits per heavy atom. The Bertz CT molecular complexity index is 705. The van der Waals surface area contributed by atoms with Crippen molar-refractivity contribution in [1.82, 2.24) is 14.8 Å². The topological polar surface area (TPSA) is 113 Å². The third-order valence-electron chi connectivity index (χ3n) is 4.70. The fraction of sp³-hybridized carbons (Fsp3) is 0.625. The summed E-state index contributed by atoms with van der Waals surface area (Å²) >= 11 is 0. The maximum atomic E-state index is 12.6. The van der Waals surface area contributed by atoms with Gasteiger partial charge in [0.2, 0.25) is 0 Å². The van der Waals surface area contributed by atoms with E-state index < -0.39 is 17.7 Å². The average molecular weight is 351 g/mol. The number of oxazole rings is 1. The number of carbonyl (C=O) groups excluding carboxylic acids is 2. The minimum absolute atomic E-state index is 0.111. The third kappa shape index (κ3) is 3.45.